The van der Waals surface area contributed by atoms with E-state index in [1.165, 1.54) is 6.26 Å². The van der Waals surface area contributed by atoms with E-state index in [1.54, 1.807) is 31.2 Å². The zero-order valence-electron chi connectivity index (χ0n) is 10.5. The highest BCUT2D eigenvalue weighted by Gasteiger charge is 2.12. The van der Waals surface area contributed by atoms with Crippen LogP contribution in [0, 0.1) is 0 Å². The lowest BCUT2D eigenvalue weighted by Gasteiger charge is -2.13. The van der Waals surface area contributed by atoms with Crippen LogP contribution in [0.5, 0.6) is 0 Å². The summed E-state index contributed by atoms with van der Waals surface area (Å²) < 4.78 is 22.0. The van der Waals surface area contributed by atoms with E-state index in [4.69, 9.17) is 5.73 Å². The monoisotopic (exact) mass is 270 g/mol. The summed E-state index contributed by atoms with van der Waals surface area (Å²) in [6.07, 6.45) is 1.58. The fourth-order valence-electron chi connectivity index (χ4n) is 1.45. The van der Waals surface area contributed by atoms with E-state index in [2.05, 4.69) is 5.32 Å². The van der Waals surface area contributed by atoms with Crippen LogP contribution in [0.2, 0.25) is 0 Å². The molecule has 5 nitrogen and oxygen atoms in total. The van der Waals surface area contributed by atoms with Crippen molar-refractivity contribution in [3.63, 3.8) is 0 Å². The second-order valence-electron chi connectivity index (χ2n) is 4.42. The van der Waals surface area contributed by atoms with Crippen molar-refractivity contribution in [3.8, 4) is 0 Å². The molecule has 18 heavy (non-hydrogen) atoms. The van der Waals surface area contributed by atoms with E-state index < -0.39 is 9.84 Å². The van der Waals surface area contributed by atoms with E-state index in [0.717, 1.165) is 0 Å². The van der Waals surface area contributed by atoms with Gasteiger partial charge in [-0.25, -0.2) is 8.42 Å². The molecule has 1 atom stereocenters. The van der Waals surface area contributed by atoms with E-state index in [0.29, 0.717) is 17.7 Å². The predicted octanol–water partition coefficient (Wildman–Crippen LogP) is 0.822. The molecule has 0 spiro atoms. The standard InChI is InChI=1S/C12H18N2O3S/c1-9(6-7-18(2,16)17)14-12(15)10-4-3-5-11(13)8-10/h3-5,8-9H,6-7,13H2,1-2H3,(H,14,15). The highest BCUT2D eigenvalue weighted by atomic mass is 32.2. The summed E-state index contributed by atoms with van der Waals surface area (Å²) in [5, 5.41) is 2.74. The Bertz CT molecular complexity index is 526. The molecule has 0 heterocycles. The van der Waals surface area contributed by atoms with Crippen LogP contribution in [0.3, 0.4) is 0 Å². The molecular weight excluding hydrogens is 252 g/mol. The second-order valence-corrected chi connectivity index (χ2v) is 6.68. The van der Waals surface area contributed by atoms with Crippen molar-refractivity contribution in [1.29, 1.82) is 0 Å². The summed E-state index contributed by atoms with van der Waals surface area (Å²) in [6, 6.07) is 6.44. The third-order valence-corrected chi connectivity index (χ3v) is 3.43. The molecule has 100 valence electrons. The van der Waals surface area contributed by atoms with Gasteiger partial charge in [-0.2, -0.15) is 0 Å². The molecule has 1 amide bonds. The van der Waals surface area contributed by atoms with Gasteiger partial charge >= 0.3 is 0 Å². The molecule has 0 aromatic heterocycles. The number of sulfone groups is 1. The minimum Gasteiger partial charge on any atom is -0.399 e. The lowest BCUT2D eigenvalue weighted by molar-refractivity contribution is 0.0939. The molecule has 0 fully saturated rings. The van der Waals surface area contributed by atoms with Gasteiger partial charge in [0.25, 0.3) is 5.91 Å². The second kappa shape index (κ2) is 5.86. The molecule has 6 heteroatoms. The Morgan fingerprint density at radius 2 is 2.11 bits per heavy atom. The summed E-state index contributed by atoms with van der Waals surface area (Å²) in [5.41, 5.74) is 6.58. The maximum atomic E-state index is 11.8. The van der Waals surface area contributed by atoms with Crippen LogP contribution in [0.4, 0.5) is 5.69 Å². The zero-order chi connectivity index (χ0) is 13.8. The zero-order valence-corrected chi connectivity index (χ0v) is 11.3. The number of anilines is 1. The molecule has 0 aliphatic heterocycles. The molecule has 1 aromatic carbocycles. The lowest BCUT2D eigenvalue weighted by Crippen LogP contribution is -2.33. The molecule has 0 saturated carbocycles. The largest absolute Gasteiger partial charge is 0.399 e. The van der Waals surface area contributed by atoms with Gasteiger partial charge in [-0.05, 0) is 31.5 Å². The van der Waals surface area contributed by atoms with Crippen molar-refractivity contribution in [2.45, 2.75) is 19.4 Å². The Kier molecular flexibility index (Phi) is 4.72. The Morgan fingerprint density at radius 3 is 2.67 bits per heavy atom. The van der Waals surface area contributed by atoms with Crippen LogP contribution in [0.15, 0.2) is 24.3 Å². The van der Waals surface area contributed by atoms with E-state index in [1.807, 2.05) is 0 Å². The molecule has 0 radical (unpaired) electrons. The van der Waals surface area contributed by atoms with Crippen molar-refractivity contribution in [2.24, 2.45) is 0 Å². The Balaban J connectivity index is 2.55. The maximum Gasteiger partial charge on any atom is 0.251 e. The summed E-state index contributed by atoms with van der Waals surface area (Å²) in [5.74, 6) is -0.186. The molecular formula is C12H18N2O3S. The number of hydrogen-bond donors (Lipinski definition) is 2. The first-order chi connectivity index (χ1) is 8.28. The Morgan fingerprint density at radius 1 is 1.44 bits per heavy atom. The van der Waals surface area contributed by atoms with Crippen molar-refractivity contribution in [2.75, 3.05) is 17.7 Å². The molecule has 0 aliphatic carbocycles. The maximum absolute atomic E-state index is 11.8. The van der Waals surface area contributed by atoms with E-state index in [9.17, 15) is 13.2 Å². The van der Waals surface area contributed by atoms with Gasteiger partial charge in [-0.1, -0.05) is 6.07 Å². The van der Waals surface area contributed by atoms with Gasteiger partial charge in [0.2, 0.25) is 0 Å². The topological polar surface area (TPSA) is 89.3 Å². The van der Waals surface area contributed by atoms with Crippen molar-refractivity contribution >= 4 is 21.4 Å². The average molecular weight is 270 g/mol. The van der Waals surface area contributed by atoms with Gasteiger partial charge in [-0.15, -0.1) is 0 Å². The van der Waals surface area contributed by atoms with Crippen LogP contribution in [0.25, 0.3) is 0 Å². The quantitative estimate of drug-likeness (QED) is 0.775. The molecule has 0 bridgehead atoms. The fraction of sp³-hybridized carbons (Fsp3) is 0.417. The van der Waals surface area contributed by atoms with Gasteiger partial charge in [-0.3, -0.25) is 4.79 Å². The number of nitrogen functional groups attached to an aromatic ring is 1. The first kappa shape index (κ1) is 14.5. The van der Waals surface area contributed by atoms with Gasteiger partial charge in [0.15, 0.2) is 0 Å². The molecule has 1 rings (SSSR count). The normalized spacial score (nSPS) is 13.0. The van der Waals surface area contributed by atoms with Gasteiger partial charge in [0.1, 0.15) is 9.84 Å². The molecule has 3 N–H and O–H groups in total. The number of rotatable bonds is 5. The number of carbonyl (C=O) groups excluding carboxylic acids is 1. The van der Waals surface area contributed by atoms with Crippen molar-refractivity contribution in [3.05, 3.63) is 29.8 Å². The van der Waals surface area contributed by atoms with Crippen molar-refractivity contribution < 1.29 is 13.2 Å². The number of nitrogens with one attached hydrogen (secondary N) is 1. The minimum absolute atomic E-state index is 0.0609. The highest BCUT2D eigenvalue weighted by molar-refractivity contribution is 7.90. The predicted molar refractivity (Wildman–Crippen MR) is 72.1 cm³/mol. The smallest absolute Gasteiger partial charge is 0.251 e. The Labute approximate surface area is 107 Å². The van der Waals surface area contributed by atoms with Crippen LogP contribution in [0.1, 0.15) is 23.7 Å². The Hall–Kier alpha value is -1.56. The van der Waals surface area contributed by atoms with Crippen LogP contribution in [-0.4, -0.2) is 32.4 Å². The van der Waals surface area contributed by atoms with Crippen LogP contribution < -0.4 is 11.1 Å². The van der Waals surface area contributed by atoms with E-state index in [-0.39, 0.29) is 17.7 Å². The number of hydrogen-bond acceptors (Lipinski definition) is 4. The van der Waals surface area contributed by atoms with Gasteiger partial charge < -0.3 is 11.1 Å². The van der Waals surface area contributed by atoms with Crippen LogP contribution in [-0.2, 0) is 9.84 Å². The number of benzene rings is 1. The average Bonchev–Trinajstić information content (AvgIpc) is 2.25. The number of nitrogens with two attached hydrogens (primary N) is 1. The first-order valence-corrected chi connectivity index (χ1v) is 7.68. The van der Waals surface area contributed by atoms with Gasteiger partial charge in [0.05, 0.1) is 5.75 Å². The third kappa shape index (κ3) is 5.18. The van der Waals surface area contributed by atoms with Crippen LogP contribution >= 0.6 is 0 Å². The highest BCUT2D eigenvalue weighted by Crippen LogP contribution is 2.07. The molecule has 1 unspecified atom stereocenters. The van der Waals surface area contributed by atoms with Crippen molar-refractivity contribution in [1.82, 2.24) is 5.32 Å². The molecule has 1 aromatic rings. The lowest BCUT2D eigenvalue weighted by atomic mass is 10.1. The van der Waals surface area contributed by atoms with Gasteiger partial charge in [0, 0.05) is 23.5 Å². The SMILES string of the molecule is CC(CCS(C)(=O)=O)NC(=O)c1cccc(N)c1. The molecule has 0 saturated heterocycles. The first-order valence-electron chi connectivity index (χ1n) is 5.62. The summed E-state index contributed by atoms with van der Waals surface area (Å²) in [4.78, 5) is 11.8. The third-order valence-electron chi connectivity index (χ3n) is 2.45. The fourth-order valence-corrected chi connectivity index (χ4v) is 2.23. The summed E-state index contributed by atoms with van der Waals surface area (Å²) in [7, 11) is -3.00. The number of amides is 1. The number of carbonyl (C=O) groups is 1. The summed E-state index contributed by atoms with van der Waals surface area (Å²) >= 11 is 0. The van der Waals surface area contributed by atoms with E-state index >= 15 is 0 Å². The minimum atomic E-state index is -3.00. The summed E-state index contributed by atoms with van der Waals surface area (Å²) in [6.45, 7) is 1.77. The molecule has 0 aliphatic rings.